The second-order valence-electron chi connectivity index (χ2n) is 5.66. The highest BCUT2D eigenvalue weighted by Gasteiger charge is 2.23. The van der Waals surface area contributed by atoms with Crippen LogP contribution in [0.25, 0.3) is 0 Å². The molecule has 1 aliphatic heterocycles. The molecule has 1 fully saturated rings. The number of hydrogen-bond acceptors (Lipinski definition) is 5. The van der Waals surface area contributed by atoms with Gasteiger partial charge in [0.2, 0.25) is 0 Å². The van der Waals surface area contributed by atoms with Gasteiger partial charge in [0.05, 0.1) is 7.11 Å². The summed E-state index contributed by atoms with van der Waals surface area (Å²) >= 11 is 0. The molecule has 1 aliphatic rings. The maximum absolute atomic E-state index is 9.32. The lowest BCUT2D eigenvalue weighted by atomic mass is 9.79. The van der Waals surface area contributed by atoms with Crippen molar-refractivity contribution in [1.82, 2.24) is 9.80 Å². The van der Waals surface area contributed by atoms with Crippen LogP contribution in [0.3, 0.4) is 0 Å². The van der Waals surface area contributed by atoms with Crippen LogP contribution in [0.5, 0.6) is 5.75 Å². The summed E-state index contributed by atoms with van der Waals surface area (Å²) in [6, 6.07) is 5.85. The highest BCUT2D eigenvalue weighted by Crippen LogP contribution is 2.20. The Morgan fingerprint density at radius 2 is 2.10 bits per heavy atom. The van der Waals surface area contributed by atoms with Crippen LogP contribution in [0.4, 0.5) is 0 Å². The number of nitrogens with zero attached hydrogens (tertiary/aromatic N) is 2. The first-order valence-corrected chi connectivity index (χ1v) is 7.54. The minimum absolute atomic E-state index is 0.506. The molecule has 0 aliphatic carbocycles. The van der Waals surface area contributed by atoms with Gasteiger partial charge in [0, 0.05) is 37.8 Å². The third-order valence-corrected chi connectivity index (χ3v) is 4.25. The Bertz CT molecular complexity index is 470. The van der Waals surface area contributed by atoms with E-state index in [1.807, 2.05) is 6.07 Å². The van der Waals surface area contributed by atoms with E-state index in [4.69, 9.17) is 4.74 Å². The monoisotopic (exact) mass is 292 g/mol. The van der Waals surface area contributed by atoms with Crippen LogP contribution in [0.2, 0.25) is 0 Å². The first-order chi connectivity index (χ1) is 10.0. The van der Waals surface area contributed by atoms with Crippen molar-refractivity contribution in [2.45, 2.75) is 26.4 Å². The summed E-state index contributed by atoms with van der Waals surface area (Å²) in [6.45, 7) is 9.41. The van der Waals surface area contributed by atoms with E-state index in [9.17, 15) is 10.0 Å². The molecule has 116 valence electrons. The molecule has 21 heavy (non-hydrogen) atoms. The van der Waals surface area contributed by atoms with Gasteiger partial charge in [0.1, 0.15) is 5.75 Å². The summed E-state index contributed by atoms with van der Waals surface area (Å²) in [6.07, 6.45) is 0. The average molecular weight is 292 g/mol. The van der Waals surface area contributed by atoms with Crippen molar-refractivity contribution in [3.05, 3.63) is 23.8 Å². The zero-order chi connectivity index (χ0) is 15.4. The first-order valence-electron chi connectivity index (χ1n) is 7.54. The predicted octanol–water partition coefficient (Wildman–Crippen LogP) is -0.0990. The van der Waals surface area contributed by atoms with E-state index in [1.165, 1.54) is 0 Å². The quantitative estimate of drug-likeness (QED) is 0.742. The zero-order valence-corrected chi connectivity index (χ0v) is 13.1. The van der Waals surface area contributed by atoms with E-state index in [0.717, 1.165) is 44.0 Å². The highest BCUT2D eigenvalue weighted by atomic mass is 16.5. The van der Waals surface area contributed by atoms with Crippen molar-refractivity contribution in [2.75, 3.05) is 33.3 Å². The SMILES string of the molecule is CCN1CCN(Cc2cc(B(O)O)ccc2OC)CC1C. The van der Waals surface area contributed by atoms with Crippen LogP contribution in [0, 0.1) is 0 Å². The number of benzene rings is 1. The molecule has 0 bridgehead atoms. The minimum Gasteiger partial charge on any atom is -0.496 e. The van der Waals surface area contributed by atoms with Crippen molar-refractivity contribution in [3.8, 4) is 5.75 Å². The zero-order valence-electron chi connectivity index (χ0n) is 13.1. The van der Waals surface area contributed by atoms with E-state index in [1.54, 1.807) is 19.2 Å². The lowest BCUT2D eigenvalue weighted by Gasteiger charge is -2.39. The molecule has 0 amide bonds. The summed E-state index contributed by atoms with van der Waals surface area (Å²) in [7, 11) is 0.205. The standard InChI is InChI=1S/C15H25BN2O3/c1-4-18-8-7-17(10-12(18)2)11-13-9-14(16(19)20)5-6-15(13)21-3/h5-6,9,12,19-20H,4,7-8,10-11H2,1-3H3. The van der Waals surface area contributed by atoms with Crippen LogP contribution in [-0.2, 0) is 6.54 Å². The maximum atomic E-state index is 9.32. The summed E-state index contributed by atoms with van der Waals surface area (Å²) < 4.78 is 5.39. The van der Waals surface area contributed by atoms with Crippen LogP contribution in [0.15, 0.2) is 18.2 Å². The molecule has 1 atom stereocenters. The molecular weight excluding hydrogens is 267 g/mol. The van der Waals surface area contributed by atoms with E-state index in [0.29, 0.717) is 11.5 Å². The lowest BCUT2D eigenvalue weighted by molar-refractivity contribution is 0.0829. The largest absolute Gasteiger partial charge is 0.496 e. The summed E-state index contributed by atoms with van der Waals surface area (Å²) in [4.78, 5) is 4.86. The van der Waals surface area contributed by atoms with Gasteiger partial charge >= 0.3 is 7.12 Å². The van der Waals surface area contributed by atoms with Gasteiger partial charge in [0.25, 0.3) is 0 Å². The fraction of sp³-hybridized carbons (Fsp3) is 0.600. The fourth-order valence-electron chi connectivity index (χ4n) is 3.01. The number of hydrogen-bond donors (Lipinski definition) is 2. The molecule has 0 saturated carbocycles. The third kappa shape index (κ3) is 3.98. The highest BCUT2D eigenvalue weighted by molar-refractivity contribution is 6.58. The Morgan fingerprint density at radius 3 is 2.67 bits per heavy atom. The van der Waals surface area contributed by atoms with Crippen molar-refractivity contribution >= 4 is 12.6 Å². The molecule has 0 spiro atoms. The van der Waals surface area contributed by atoms with E-state index >= 15 is 0 Å². The van der Waals surface area contributed by atoms with Crippen molar-refractivity contribution < 1.29 is 14.8 Å². The molecule has 1 aromatic carbocycles. The number of piperazine rings is 1. The van der Waals surface area contributed by atoms with Crippen molar-refractivity contribution in [1.29, 1.82) is 0 Å². The first kappa shape index (κ1) is 16.3. The Kier molecular flexibility index (Phi) is 5.64. The predicted molar refractivity (Wildman–Crippen MR) is 84.8 cm³/mol. The minimum atomic E-state index is -1.44. The molecule has 2 rings (SSSR count). The maximum Gasteiger partial charge on any atom is 0.488 e. The van der Waals surface area contributed by atoms with Crippen molar-refractivity contribution in [3.63, 3.8) is 0 Å². The molecule has 6 heteroatoms. The molecule has 1 unspecified atom stereocenters. The number of likely N-dealkylation sites (N-methyl/N-ethyl adjacent to an activating group) is 1. The van der Waals surface area contributed by atoms with Gasteiger partial charge in [-0.3, -0.25) is 9.80 Å². The van der Waals surface area contributed by atoms with E-state index < -0.39 is 7.12 Å². The molecule has 1 aromatic rings. The number of rotatable bonds is 5. The van der Waals surface area contributed by atoms with Gasteiger partial charge < -0.3 is 14.8 Å². The normalized spacial score (nSPS) is 20.5. The second-order valence-corrected chi connectivity index (χ2v) is 5.66. The van der Waals surface area contributed by atoms with Crippen LogP contribution < -0.4 is 10.2 Å². The summed E-state index contributed by atoms with van der Waals surface area (Å²) in [5.74, 6) is 0.796. The Hall–Kier alpha value is -1.08. The van der Waals surface area contributed by atoms with Crippen molar-refractivity contribution in [2.24, 2.45) is 0 Å². The Labute approximate surface area is 127 Å². The van der Waals surface area contributed by atoms with Crippen LogP contribution in [-0.4, -0.2) is 66.3 Å². The number of ether oxygens (including phenoxy) is 1. The Morgan fingerprint density at radius 1 is 1.33 bits per heavy atom. The fourth-order valence-corrected chi connectivity index (χ4v) is 3.01. The van der Waals surface area contributed by atoms with E-state index in [2.05, 4.69) is 23.6 Å². The molecule has 0 aromatic heterocycles. The molecule has 0 radical (unpaired) electrons. The lowest BCUT2D eigenvalue weighted by Crippen LogP contribution is -2.51. The van der Waals surface area contributed by atoms with Gasteiger partial charge in [0.15, 0.2) is 0 Å². The Balaban J connectivity index is 2.10. The average Bonchev–Trinajstić information content (AvgIpc) is 2.47. The summed E-state index contributed by atoms with van der Waals surface area (Å²) in [5.41, 5.74) is 1.51. The van der Waals surface area contributed by atoms with Crippen LogP contribution in [0.1, 0.15) is 19.4 Å². The smallest absolute Gasteiger partial charge is 0.488 e. The topological polar surface area (TPSA) is 56.2 Å². The molecule has 1 heterocycles. The second kappa shape index (κ2) is 7.27. The molecular formula is C15H25BN2O3. The third-order valence-electron chi connectivity index (χ3n) is 4.25. The van der Waals surface area contributed by atoms with Gasteiger partial charge in [-0.2, -0.15) is 0 Å². The summed E-state index contributed by atoms with van der Waals surface area (Å²) in [5, 5.41) is 18.6. The molecule has 1 saturated heterocycles. The van der Waals surface area contributed by atoms with Gasteiger partial charge in [-0.05, 0) is 25.0 Å². The van der Waals surface area contributed by atoms with Gasteiger partial charge in [-0.15, -0.1) is 0 Å². The molecule has 5 nitrogen and oxygen atoms in total. The van der Waals surface area contributed by atoms with Crippen LogP contribution >= 0.6 is 0 Å². The van der Waals surface area contributed by atoms with Gasteiger partial charge in [-0.1, -0.05) is 19.1 Å². The van der Waals surface area contributed by atoms with E-state index in [-0.39, 0.29) is 0 Å². The van der Waals surface area contributed by atoms with Gasteiger partial charge in [-0.25, -0.2) is 0 Å². The molecule has 2 N–H and O–H groups in total. The number of methoxy groups -OCH3 is 1.